The molecule has 2 aromatic rings. The molecule has 3 rings (SSSR count). The number of amides is 1. The molecule has 1 aliphatic rings. The maximum absolute atomic E-state index is 13.3. The number of nitriles is 1. The molecule has 0 unspecified atom stereocenters. The molecule has 0 atom stereocenters. The van der Waals surface area contributed by atoms with E-state index in [2.05, 4.69) is 21.7 Å². The molecule has 0 aliphatic heterocycles. The number of carbonyl (C=O) groups excluding carboxylic acids is 1. The Morgan fingerprint density at radius 2 is 1.96 bits per heavy atom. The van der Waals surface area contributed by atoms with Crippen LogP contribution >= 0.6 is 0 Å². The van der Waals surface area contributed by atoms with Gasteiger partial charge in [0.1, 0.15) is 28.7 Å². The Hall–Kier alpha value is -3.21. The Morgan fingerprint density at radius 3 is 2.50 bits per heavy atom. The molecule has 1 aromatic carbocycles. The van der Waals surface area contributed by atoms with E-state index in [1.807, 2.05) is 0 Å². The Morgan fingerprint density at radius 1 is 1.27 bits per heavy atom. The normalized spacial score (nSPS) is 14.7. The van der Waals surface area contributed by atoms with Gasteiger partial charge in [-0.25, -0.2) is 13.8 Å². The molecule has 6 nitrogen and oxygen atoms in total. The lowest BCUT2D eigenvalue weighted by molar-refractivity contribution is 0.0873. The van der Waals surface area contributed by atoms with Crippen LogP contribution in [0.1, 0.15) is 29.8 Å². The maximum Gasteiger partial charge on any atom is 0.275 e. The van der Waals surface area contributed by atoms with Gasteiger partial charge in [0.25, 0.3) is 5.91 Å². The Labute approximate surface area is 148 Å². The highest BCUT2D eigenvalue weighted by Crippen LogP contribution is 2.32. The molecule has 26 heavy (non-hydrogen) atoms. The number of nitrogens with one attached hydrogen (secondary N) is 2. The molecule has 0 saturated heterocycles. The fourth-order valence-corrected chi connectivity index (χ4v) is 2.69. The van der Waals surface area contributed by atoms with Crippen LogP contribution < -0.4 is 15.4 Å². The molecule has 0 radical (unpaired) electrons. The molecule has 1 saturated carbocycles. The third kappa shape index (κ3) is 3.57. The highest BCUT2D eigenvalue weighted by Gasteiger charge is 2.39. The number of rotatable bonds is 5. The summed E-state index contributed by atoms with van der Waals surface area (Å²) in [4.78, 5) is 16.7. The van der Waals surface area contributed by atoms with E-state index in [9.17, 15) is 18.8 Å². The van der Waals surface area contributed by atoms with Crippen LogP contribution in [0.15, 0.2) is 30.3 Å². The fourth-order valence-electron chi connectivity index (χ4n) is 2.69. The zero-order valence-electron chi connectivity index (χ0n) is 14.0. The number of methoxy groups -OCH3 is 1. The molecule has 0 bridgehead atoms. The SMILES string of the molecule is COc1ccc(Nc2cc(F)cc(F)c2)nc1C(=O)NC1(C#N)CCC1. The Bertz CT molecular complexity index is 871. The van der Waals surface area contributed by atoms with E-state index < -0.39 is 23.1 Å². The highest BCUT2D eigenvalue weighted by atomic mass is 19.1. The zero-order chi connectivity index (χ0) is 18.7. The lowest BCUT2D eigenvalue weighted by Gasteiger charge is -2.35. The molecular weight excluding hydrogens is 342 g/mol. The van der Waals surface area contributed by atoms with Gasteiger partial charge in [-0.15, -0.1) is 0 Å². The molecule has 134 valence electrons. The third-order valence-electron chi connectivity index (χ3n) is 4.20. The Balaban J connectivity index is 1.86. The van der Waals surface area contributed by atoms with Crippen molar-refractivity contribution in [1.29, 1.82) is 5.26 Å². The molecule has 1 fully saturated rings. The van der Waals surface area contributed by atoms with Crippen LogP contribution in [0.3, 0.4) is 0 Å². The van der Waals surface area contributed by atoms with Gasteiger partial charge in [0.2, 0.25) is 0 Å². The lowest BCUT2D eigenvalue weighted by atomic mass is 9.78. The van der Waals surface area contributed by atoms with Crippen LogP contribution in [0, 0.1) is 23.0 Å². The first kappa shape index (κ1) is 17.6. The van der Waals surface area contributed by atoms with Gasteiger partial charge in [0.15, 0.2) is 5.69 Å². The lowest BCUT2D eigenvalue weighted by Crippen LogP contribution is -2.52. The van der Waals surface area contributed by atoms with E-state index >= 15 is 0 Å². The second kappa shape index (κ2) is 6.96. The maximum atomic E-state index is 13.3. The first-order valence-electron chi connectivity index (χ1n) is 7.97. The van der Waals surface area contributed by atoms with Crippen LogP contribution in [-0.2, 0) is 0 Å². The van der Waals surface area contributed by atoms with Crippen LogP contribution in [0.25, 0.3) is 0 Å². The number of hydrogen-bond donors (Lipinski definition) is 2. The van der Waals surface area contributed by atoms with Gasteiger partial charge in [-0.3, -0.25) is 4.79 Å². The number of hydrogen-bond acceptors (Lipinski definition) is 5. The molecule has 2 N–H and O–H groups in total. The Kier molecular flexibility index (Phi) is 4.71. The number of anilines is 2. The van der Waals surface area contributed by atoms with Crippen molar-refractivity contribution in [3.63, 3.8) is 0 Å². The molecule has 0 spiro atoms. The first-order valence-corrected chi connectivity index (χ1v) is 7.97. The van der Waals surface area contributed by atoms with E-state index in [1.165, 1.54) is 19.2 Å². The quantitative estimate of drug-likeness (QED) is 0.856. The number of benzene rings is 1. The van der Waals surface area contributed by atoms with E-state index in [1.54, 1.807) is 0 Å². The van der Waals surface area contributed by atoms with Gasteiger partial charge < -0.3 is 15.4 Å². The summed E-state index contributed by atoms with van der Waals surface area (Å²) in [6.45, 7) is 0. The predicted octanol–water partition coefficient (Wildman–Crippen LogP) is 3.29. The van der Waals surface area contributed by atoms with E-state index in [-0.39, 0.29) is 22.9 Å². The average Bonchev–Trinajstić information content (AvgIpc) is 2.57. The van der Waals surface area contributed by atoms with E-state index in [4.69, 9.17) is 4.74 Å². The second-order valence-electron chi connectivity index (χ2n) is 6.03. The third-order valence-corrected chi connectivity index (χ3v) is 4.20. The van der Waals surface area contributed by atoms with Gasteiger partial charge in [-0.05, 0) is 43.5 Å². The van der Waals surface area contributed by atoms with Crippen molar-refractivity contribution < 1.29 is 18.3 Å². The summed E-state index contributed by atoms with van der Waals surface area (Å²) in [6, 6.07) is 8.12. The summed E-state index contributed by atoms with van der Waals surface area (Å²) in [5.74, 6) is -1.58. The van der Waals surface area contributed by atoms with E-state index in [0.717, 1.165) is 24.6 Å². The largest absolute Gasteiger partial charge is 0.494 e. The van der Waals surface area contributed by atoms with E-state index in [0.29, 0.717) is 12.8 Å². The smallest absolute Gasteiger partial charge is 0.275 e. The average molecular weight is 358 g/mol. The van der Waals surface area contributed by atoms with Crippen molar-refractivity contribution in [1.82, 2.24) is 10.3 Å². The van der Waals surface area contributed by atoms with Crippen molar-refractivity contribution in [2.45, 2.75) is 24.8 Å². The minimum Gasteiger partial charge on any atom is -0.494 e. The van der Waals surface area contributed by atoms with Crippen molar-refractivity contribution in [3.8, 4) is 11.8 Å². The molecule has 8 heteroatoms. The molecule has 1 aliphatic carbocycles. The standard InChI is InChI=1S/C18H16F2N4O2/c1-26-14-3-4-15(22-13-8-11(19)7-12(20)9-13)23-16(14)17(25)24-18(10-21)5-2-6-18/h3-4,7-9H,2,5-6H2,1H3,(H,22,23)(H,24,25). The van der Waals surface area contributed by atoms with Crippen LogP contribution in [-0.4, -0.2) is 23.5 Å². The minimum absolute atomic E-state index is 0.0177. The number of nitrogens with zero attached hydrogens (tertiary/aromatic N) is 2. The molecule has 1 amide bonds. The number of pyridine rings is 1. The summed E-state index contributed by atoms with van der Waals surface area (Å²) < 4.78 is 31.8. The molecule has 1 aromatic heterocycles. The summed E-state index contributed by atoms with van der Waals surface area (Å²) >= 11 is 0. The van der Waals surface area contributed by atoms with Gasteiger partial charge in [0.05, 0.1) is 13.2 Å². The monoisotopic (exact) mass is 358 g/mol. The van der Waals surface area contributed by atoms with Gasteiger partial charge in [-0.1, -0.05) is 0 Å². The van der Waals surface area contributed by atoms with Crippen molar-refractivity contribution in [2.24, 2.45) is 0 Å². The highest BCUT2D eigenvalue weighted by molar-refractivity contribution is 5.96. The van der Waals surface area contributed by atoms with Crippen LogP contribution in [0.5, 0.6) is 5.75 Å². The molecule has 1 heterocycles. The molecular formula is C18H16F2N4O2. The summed E-state index contributed by atoms with van der Waals surface area (Å²) in [7, 11) is 1.40. The van der Waals surface area contributed by atoms with Crippen LogP contribution in [0.2, 0.25) is 0 Å². The van der Waals surface area contributed by atoms with Crippen molar-refractivity contribution >= 4 is 17.4 Å². The first-order chi connectivity index (χ1) is 12.4. The fraction of sp³-hybridized carbons (Fsp3) is 0.278. The van der Waals surface area contributed by atoms with Gasteiger partial charge >= 0.3 is 0 Å². The summed E-state index contributed by atoms with van der Waals surface area (Å²) in [5, 5.41) is 14.7. The summed E-state index contributed by atoms with van der Waals surface area (Å²) in [6.07, 6.45) is 2.03. The number of aromatic nitrogens is 1. The number of carbonyl (C=O) groups is 1. The minimum atomic E-state index is -0.876. The topological polar surface area (TPSA) is 87.0 Å². The summed E-state index contributed by atoms with van der Waals surface area (Å²) in [5.41, 5.74) is -0.742. The number of halogens is 2. The van der Waals surface area contributed by atoms with Crippen molar-refractivity contribution in [2.75, 3.05) is 12.4 Å². The number of ether oxygens (including phenoxy) is 1. The van der Waals surface area contributed by atoms with Crippen LogP contribution in [0.4, 0.5) is 20.3 Å². The van der Waals surface area contributed by atoms with Gasteiger partial charge in [-0.2, -0.15) is 5.26 Å². The second-order valence-corrected chi connectivity index (χ2v) is 6.03. The van der Waals surface area contributed by atoms with Gasteiger partial charge in [0, 0.05) is 11.8 Å². The van der Waals surface area contributed by atoms with Crippen molar-refractivity contribution in [3.05, 3.63) is 47.7 Å². The predicted molar refractivity (Wildman–Crippen MR) is 90.1 cm³/mol. The zero-order valence-corrected chi connectivity index (χ0v) is 14.0.